The molecule has 2 atom stereocenters. The van der Waals surface area contributed by atoms with Gasteiger partial charge in [-0.1, -0.05) is 230 Å². The molecule has 1 fully saturated rings. The zero-order valence-electron chi connectivity index (χ0n) is 56.9. The molecule has 2 aromatic rings. The van der Waals surface area contributed by atoms with E-state index in [4.69, 9.17) is 44.3 Å². The Bertz CT molecular complexity index is 2350. The highest BCUT2D eigenvalue weighted by Gasteiger charge is 2.40. The molecule has 1 aliphatic rings. The van der Waals surface area contributed by atoms with Crippen LogP contribution in [0.3, 0.4) is 0 Å². The second kappa shape index (κ2) is 53.6. The predicted octanol–water partition coefficient (Wildman–Crippen LogP) is 17.1. The van der Waals surface area contributed by atoms with E-state index in [-0.39, 0.29) is 64.6 Å². The van der Waals surface area contributed by atoms with Crippen LogP contribution < -0.4 is 10.6 Å². The molecule has 1 heterocycles. The number of nitrogens with zero attached hydrogens (tertiary/aromatic N) is 1. The second-order valence-electron chi connectivity index (χ2n) is 25.1. The van der Waals surface area contributed by atoms with Gasteiger partial charge in [-0.05, 0) is 67.8 Å². The lowest BCUT2D eigenvalue weighted by Gasteiger charge is -2.41. The Morgan fingerprint density at radius 1 is 0.548 bits per heavy atom. The number of Topliss-reactive ketones (excluding diaryl/α,β-unsaturated/α-hetero) is 1. The molecule has 93 heavy (non-hydrogen) atoms. The lowest BCUT2D eigenvalue weighted by molar-refractivity contribution is -0.167. The van der Waals surface area contributed by atoms with E-state index in [9.17, 15) is 42.6 Å². The molecule has 0 saturated carbocycles. The summed E-state index contributed by atoms with van der Waals surface area (Å²) < 4.78 is 64.0. The van der Waals surface area contributed by atoms with Crippen LogP contribution in [0.4, 0.5) is 9.18 Å². The van der Waals surface area contributed by atoms with Crippen LogP contribution in [-0.4, -0.2) is 124 Å². The standard InChI is InChI=1S/C72H118ClFN3O15P/c1-3-5-7-9-11-13-15-17-19-21-23-25-27-29-31-33-37-68(80)88-58-65(91-69(81)38-34-32-30-28-26-24-22-20-18-16-14-12-10-8-6-4-2)59-90-93(84,85)89-55-51-76-71(83)87-57-56-86-60-67(79)75-50-47-70(82)92-72(62-41-43-63(73)44-42-62)48-53-77(54-49-72)52-35-36-66(78)61-39-45-64(74)46-40-61/h39-46,65H,3-38,47-60H2,1-2H3,(H,75,79)(H,76,83)(H,84,85)/t65-/m1/s1. The summed E-state index contributed by atoms with van der Waals surface area (Å²) in [6.45, 7) is 4.03. The van der Waals surface area contributed by atoms with Crippen LogP contribution in [0.5, 0.6) is 0 Å². The number of ether oxygens (including phenoxy) is 5. The van der Waals surface area contributed by atoms with Crippen LogP contribution in [0.2, 0.25) is 5.02 Å². The van der Waals surface area contributed by atoms with Crippen LogP contribution in [0.15, 0.2) is 48.5 Å². The number of nitrogens with one attached hydrogen (secondary N) is 2. The summed E-state index contributed by atoms with van der Waals surface area (Å²) in [4.78, 5) is 89.0. The van der Waals surface area contributed by atoms with Crippen molar-refractivity contribution in [3.8, 4) is 0 Å². The average molecular weight is 1350 g/mol. The number of unbranched alkanes of at least 4 members (excludes halogenated alkanes) is 30. The molecule has 0 radical (unpaired) electrons. The maximum absolute atomic E-state index is 13.3. The largest absolute Gasteiger partial charge is 0.472 e. The number of alkyl carbamates (subject to hydrolysis) is 1. The summed E-state index contributed by atoms with van der Waals surface area (Å²) in [5.74, 6) is -2.43. The minimum atomic E-state index is -4.72. The molecule has 0 aromatic heterocycles. The van der Waals surface area contributed by atoms with Crippen molar-refractivity contribution in [3.63, 3.8) is 0 Å². The van der Waals surface area contributed by atoms with E-state index in [1.54, 1.807) is 12.1 Å². The minimum Gasteiger partial charge on any atom is -0.462 e. The molecule has 1 unspecified atom stereocenters. The lowest BCUT2D eigenvalue weighted by Crippen LogP contribution is -2.45. The summed E-state index contributed by atoms with van der Waals surface area (Å²) in [5, 5.41) is 5.55. The summed E-state index contributed by atoms with van der Waals surface area (Å²) in [5.41, 5.74) is 0.363. The van der Waals surface area contributed by atoms with E-state index in [2.05, 4.69) is 29.4 Å². The first-order valence-electron chi connectivity index (χ1n) is 35.8. The fraction of sp³-hybridized carbons (Fsp3) is 0.750. The maximum atomic E-state index is 13.3. The number of phosphoric ester groups is 1. The molecule has 1 aliphatic heterocycles. The second-order valence-corrected chi connectivity index (χ2v) is 27.0. The Hall–Kier alpha value is -4.49. The first kappa shape index (κ1) is 82.7. The van der Waals surface area contributed by atoms with Gasteiger partial charge in [0.1, 0.15) is 31.2 Å². The number of likely N-dealkylation sites (tertiary alicyclic amines) is 1. The maximum Gasteiger partial charge on any atom is 0.472 e. The molecule has 2 aromatic carbocycles. The highest BCUT2D eigenvalue weighted by molar-refractivity contribution is 7.47. The van der Waals surface area contributed by atoms with Crippen molar-refractivity contribution < 1.29 is 75.3 Å². The number of benzene rings is 2. The van der Waals surface area contributed by atoms with E-state index >= 15 is 0 Å². The Morgan fingerprint density at radius 2 is 1.04 bits per heavy atom. The van der Waals surface area contributed by atoms with Crippen LogP contribution in [0, 0.1) is 5.82 Å². The van der Waals surface area contributed by atoms with Crippen LogP contribution in [-0.2, 0) is 62.1 Å². The van der Waals surface area contributed by atoms with Gasteiger partial charge in [0.15, 0.2) is 11.9 Å². The third kappa shape index (κ3) is 43.3. The van der Waals surface area contributed by atoms with Gasteiger partial charge in [0.05, 0.1) is 26.2 Å². The highest BCUT2D eigenvalue weighted by Crippen LogP contribution is 2.43. The molecular weight excluding hydrogens is 1230 g/mol. The van der Waals surface area contributed by atoms with Crippen molar-refractivity contribution >= 4 is 55.1 Å². The summed E-state index contributed by atoms with van der Waals surface area (Å²) in [6.07, 6.45) is 39.0. The summed E-state index contributed by atoms with van der Waals surface area (Å²) in [7, 11) is -4.72. The van der Waals surface area contributed by atoms with Crippen molar-refractivity contribution in [2.24, 2.45) is 0 Å². The molecule has 18 nitrogen and oxygen atoms in total. The molecule has 2 amide bonds. The van der Waals surface area contributed by atoms with E-state index in [1.807, 2.05) is 12.1 Å². The SMILES string of the molecule is CCCCCCCCCCCCCCCCCCC(=O)OC[C@H](COP(=O)(O)OCCNC(=O)OCCOCC(=O)NCCC(=O)OC1(c2ccc(Cl)cc2)CCN(CCCC(=O)c2ccc(F)cc2)CC1)OC(=O)CCCCCCCCCCCCCCCCCC. The van der Waals surface area contributed by atoms with Gasteiger partial charge in [0.2, 0.25) is 5.91 Å². The number of piperidine rings is 1. The van der Waals surface area contributed by atoms with Crippen LogP contribution in [0.25, 0.3) is 0 Å². The Labute approximate surface area is 562 Å². The van der Waals surface area contributed by atoms with E-state index in [0.29, 0.717) is 68.7 Å². The molecule has 0 aliphatic carbocycles. The smallest absolute Gasteiger partial charge is 0.462 e. The summed E-state index contributed by atoms with van der Waals surface area (Å²) in [6, 6.07) is 12.7. The van der Waals surface area contributed by atoms with Crippen LogP contribution in [0.1, 0.15) is 280 Å². The minimum absolute atomic E-state index is 0.0124. The van der Waals surface area contributed by atoms with Crippen LogP contribution >= 0.6 is 19.4 Å². The number of esters is 3. The average Bonchev–Trinajstić information content (AvgIpc) is 0.973. The summed E-state index contributed by atoms with van der Waals surface area (Å²) >= 11 is 6.18. The zero-order valence-corrected chi connectivity index (χ0v) is 58.5. The van der Waals surface area contributed by atoms with Crippen molar-refractivity contribution in [1.82, 2.24) is 15.5 Å². The molecule has 530 valence electrons. The molecule has 0 bridgehead atoms. The number of hydrogen-bond acceptors (Lipinski definition) is 15. The first-order valence-corrected chi connectivity index (χ1v) is 37.7. The Kier molecular flexibility index (Phi) is 47.7. The molecule has 0 spiro atoms. The monoisotopic (exact) mass is 1350 g/mol. The fourth-order valence-electron chi connectivity index (χ4n) is 11.4. The third-order valence-corrected chi connectivity index (χ3v) is 18.2. The lowest BCUT2D eigenvalue weighted by atomic mass is 9.84. The quantitative estimate of drug-likeness (QED) is 0.0184. The van der Waals surface area contributed by atoms with Gasteiger partial charge in [-0.15, -0.1) is 0 Å². The van der Waals surface area contributed by atoms with Gasteiger partial charge in [-0.3, -0.25) is 33.0 Å². The highest BCUT2D eigenvalue weighted by atomic mass is 35.5. The Morgan fingerprint density at radius 3 is 1.56 bits per heavy atom. The first-order chi connectivity index (χ1) is 45.1. The van der Waals surface area contributed by atoms with Crippen molar-refractivity contribution in [3.05, 3.63) is 70.5 Å². The number of ketones is 1. The molecule has 3 N–H and O–H groups in total. The van der Waals surface area contributed by atoms with E-state index in [0.717, 1.165) is 44.1 Å². The zero-order chi connectivity index (χ0) is 67.3. The van der Waals surface area contributed by atoms with Crippen molar-refractivity contribution in [1.29, 1.82) is 0 Å². The number of carbonyl (C=O) groups is 6. The number of phosphoric acid groups is 1. The van der Waals surface area contributed by atoms with E-state index < -0.39 is 68.5 Å². The van der Waals surface area contributed by atoms with Crippen molar-refractivity contribution in [2.75, 3.05) is 72.4 Å². The van der Waals surface area contributed by atoms with E-state index in [1.165, 1.54) is 178 Å². The number of halogens is 2. The number of rotatable bonds is 59. The van der Waals surface area contributed by atoms with Gasteiger partial charge >= 0.3 is 31.8 Å². The van der Waals surface area contributed by atoms with Gasteiger partial charge in [-0.2, -0.15) is 0 Å². The Balaban J connectivity index is 1.30. The molecular formula is C72H118ClFN3O15P. The van der Waals surface area contributed by atoms with Crippen molar-refractivity contribution in [2.45, 2.75) is 276 Å². The molecule has 3 rings (SSSR count). The molecule has 1 saturated heterocycles. The fourth-order valence-corrected chi connectivity index (χ4v) is 12.3. The number of hydrogen-bond donors (Lipinski definition) is 3. The number of carbonyl (C=O) groups excluding carboxylic acids is 6. The van der Waals surface area contributed by atoms with Gasteiger partial charge < -0.3 is 44.1 Å². The van der Waals surface area contributed by atoms with Gasteiger partial charge in [-0.25, -0.2) is 13.8 Å². The topological polar surface area (TPSA) is 232 Å². The van der Waals surface area contributed by atoms with Gasteiger partial charge in [0, 0.05) is 68.9 Å². The predicted molar refractivity (Wildman–Crippen MR) is 364 cm³/mol. The third-order valence-electron chi connectivity index (χ3n) is 17.0. The number of amides is 2. The normalized spacial score (nSPS) is 14.0. The molecule has 21 heteroatoms. The van der Waals surface area contributed by atoms with Gasteiger partial charge in [0.25, 0.3) is 0 Å².